The van der Waals surface area contributed by atoms with Crippen molar-refractivity contribution in [2.45, 2.75) is 44.7 Å². The molecular weight excluding hydrogens is 178 g/mol. The van der Waals surface area contributed by atoms with Gasteiger partial charge in [-0.05, 0) is 38.1 Å². The van der Waals surface area contributed by atoms with E-state index in [2.05, 4.69) is 18.9 Å². The van der Waals surface area contributed by atoms with Crippen LogP contribution in [0, 0.1) is 11.8 Å². The third-order valence-electron chi connectivity index (χ3n) is 4.26. The van der Waals surface area contributed by atoms with E-state index >= 15 is 0 Å². The lowest BCUT2D eigenvalue weighted by molar-refractivity contribution is -0.139. The van der Waals surface area contributed by atoms with Crippen molar-refractivity contribution in [2.24, 2.45) is 11.8 Å². The maximum Gasteiger partial charge on any atom is 0.303 e. The standard InChI is InChI=1S/C11H19NO2/c1-7-8(6-11(13)14)5-9-3-4-10(7)12(9)2/h7-10H,3-6H2,1-2H3,(H,13,14). The predicted octanol–water partition coefficient (Wildman–Crippen LogP) is 1.58. The zero-order valence-corrected chi connectivity index (χ0v) is 8.94. The van der Waals surface area contributed by atoms with E-state index in [1.165, 1.54) is 12.8 Å². The van der Waals surface area contributed by atoms with Crippen LogP contribution >= 0.6 is 0 Å². The molecule has 4 unspecified atom stereocenters. The number of carboxylic acid groups (broad SMARTS) is 1. The Morgan fingerprint density at radius 3 is 2.86 bits per heavy atom. The first-order valence-electron chi connectivity index (χ1n) is 5.53. The predicted molar refractivity (Wildman–Crippen MR) is 54.1 cm³/mol. The van der Waals surface area contributed by atoms with E-state index in [4.69, 9.17) is 5.11 Å². The summed E-state index contributed by atoms with van der Waals surface area (Å²) in [7, 11) is 2.19. The molecule has 3 nitrogen and oxygen atoms in total. The van der Waals surface area contributed by atoms with Gasteiger partial charge < -0.3 is 10.0 Å². The van der Waals surface area contributed by atoms with Crippen LogP contribution in [0.2, 0.25) is 0 Å². The number of carboxylic acids is 1. The highest BCUT2D eigenvalue weighted by Gasteiger charge is 2.43. The highest BCUT2D eigenvalue weighted by molar-refractivity contribution is 5.67. The number of hydrogen-bond acceptors (Lipinski definition) is 2. The molecule has 0 aliphatic carbocycles. The molecule has 2 heterocycles. The molecule has 14 heavy (non-hydrogen) atoms. The molecule has 0 aromatic carbocycles. The van der Waals surface area contributed by atoms with Crippen LogP contribution < -0.4 is 0 Å². The van der Waals surface area contributed by atoms with Crippen molar-refractivity contribution in [1.29, 1.82) is 0 Å². The summed E-state index contributed by atoms with van der Waals surface area (Å²) in [6.07, 6.45) is 3.97. The highest BCUT2D eigenvalue weighted by Crippen LogP contribution is 2.42. The molecule has 80 valence electrons. The second-order valence-corrected chi connectivity index (χ2v) is 4.92. The molecule has 0 spiro atoms. The number of piperidine rings is 1. The van der Waals surface area contributed by atoms with Gasteiger partial charge in [-0.15, -0.1) is 0 Å². The average molecular weight is 197 g/mol. The largest absolute Gasteiger partial charge is 0.481 e. The summed E-state index contributed by atoms with van der Waals surface area (Å²) in [5.74, 6) is 0.321. The SMILES string of the molecule is CC1C(CC(=O)O)CC2CCC1N2C. The van der Waals surface area contributed by atoms with Crippen LogP contribution in [0.25, 0.3) is 0 Å². The maximum absolute atomic E-state index is 10.7. The molecule has 3 heteroatoms. The van der Waals surface area contributed by atoms with Crippen LogP contribution in [0.4, 0.5) is 0 Å². The van der Waals surface area contributed by atoms with Crippen molar-refractivity contribution in [1.82, 2.24) is 4.90 Å². The van der Waals surface area contributed by atoms with Gasteiger partial charge in [0.2, 0.25) is 0 Å². The molecule has 0 radical (unpaired) electrons. The third kappa shape index (κ3) is 1.54. The zero-order valence-electron chi connectivity index (χ0n) is 8.94. The molecule has 0 amide bonds. The van der Waals surface area contributed by atoms with Crippen LogP contribution in [0.3, 0.4) is 0 Å². The molecule has 2 fully saturated rings. The van der Waals surface area contributed by atoms with Crippen LogP contribution in [-0.4, -0.2) is 35.1 Å². The van der Waals surface area contributed by atoms with Gasteiger partial charge in [-0.3, -0.25) is 4.79 Å². The fraction of sp³-hybridized carbons (Fsp3) is 0.909. The van der Waals surface area contributed by atoms with Crippen molar-refractivity contribution >= 4 is 5.97 Å². The van der Waals surface area contributed by atoms with Crippen LogP contribution in [0.1, 0.15) is 32.6 Å². The summed E-state index contributed by atoms with van der Waals surface area (Å²) in [6.45, 7) is 2.22. The summed E-state index contributed by atoms with van der Waals surface area (Å²) in [4.78, 5) is 13.2. The molecular formula is C11H19NO2. The van der Waals surface area contributed by atoms with Gasteiger partial charge in [0.1, 0.15) is 0 Å². The zero-order chi connectivity index (χ0) is 10.3. The Hall–Kier alpha value is -0.570. The van der Waals surface area contributed by atoms with Gasteiger partial charge >= 0.3 is 5.97 Å². The molecule has 1 N–H and O–H groups in total. The van der Waals surface area contributed by atoms with Crippen molar-refractivity contribution in [3.63, 3.8) is 0 Å². The van der Waals surface area contributed by atoms with E-state index in [-0.39, 0.29) is 0 Å². The monoisotopic (exact) mass is 197 g/mol. The van der Waals surface area contributed by atoms with E-state index in [1.54, 1.807) is 0 Å². The summed E-state index contributed by atoms with van der Waals surface area (Å²) in [5.41, 5.74) is 0. The number of nitrogens with zero attached hydrogens (tertiary/aromatic N) is 1. The minimum atomic E-state index is -0.634. The second-order valence-electron chi connectivity index (χ2n) is 4.92. The molecule has 2 bridgehead atoms. The molecule has 0 aromatic heterocycles. The second kappa shape index (κ2) is 3.54. The van der Waals surface area contributed by atoms with Crippen LogP contribution in [-0.2, 0) is 4.79 Å². The first kappa shape index (κ1) is 9.97. The van der Waals surface area contributed by atoms with Gasteiger partial charge in [0.25, 0.3) is 0 Å². The Balaban J connectivity index is 2.06. The molecule has 2 aliphatic rings. The van der Waals surface area contributed by atoms with Crippen LogP contribution in [0.5, 0.6) is 0 Å². The molecule has 2 aliphatic heterocycles. The fourth-order valence-electron chi connectivity index (χ4n) is 3.33. The lowest BCUT2D eigenvalue weighted by Gasteiger charge is -2.41. The van der Waals surface area contributed by atoms with Gasteiger partial charge in [-0.25, -0.2) is 0 Å². The van der Waals surface area contributed by atoms with Crippen molar-refractivity contribution in [3.05, 3.63) is 0 Å². The number of rotatable bonds is 2. The minimum Gasteiger partial charge on any atom is -0.481 e. The Bertz CT molecular complexity index is 241. The van der Waals surface area contributed by atoms with Gasteiger partial charge in [0, 0.05) is 18.5 Å². The summed E-state index contributed by atoms with van der Waals surface area (Å²) in [5, 5.41) is 8.83. The maximum atomic E-state index is 10.7. The van der Waals surface area contributed by atoms with Gasteiger partial charge in [0.05, 0.1) is 0 Å². The third-order valence-corrected chi connectivity index (χ3v) is 4.26. The highest BCUT2D eigenvalue weighted by atomic mass is 16.4. The average Bonchev–Trinajstić information content (AvgIpc) is 2.36. The topological polar surface area (TPSA) is 40.5 Å². The van der Waals surface area contributed by atoms with E-state index in [0.717, 1.165) is 6.42 Å². The van der Waals surface area contributed by atoms with Crippen molar-refractivity contribution < 1.29 is 9.90 Å². The normalized spacial score (nSPS) is 42.7. The Morgan fingerprint density at radius 1 is 1.50 bits per heavy atom. The van der Waals surface area contributed by atoms with Gasteiger partial charge in [0.15, 0.2) is 0 Å². The number of hydrogen-bond donors (Lipinski definition) is 1. The van der Waals surface area contributed by atoms with E-state index < -0.39 is 5.97 Å². The van der Waals surface area contributed by atoms with E-state index in [9.17, 15) is 4.79 Å². The van der Waals surface area contributed by atoms with Gasteiger partial charge in [-0.2, -0.15) is 0 Å². The summed E-state index contributed by atoms with van der Waals surface area (Å²) in [6, 6.07) is 1.29. The van der Waals surface area contributed by atoms with Crippen molar-refractivity contribution in [3.8, 4) is 0 Å². The first-order chi connectivity index (χ1) is 6.59. The van der Waals surface area contributed by atoms with E-state index in [0.29, 0.717) is 30.3 Å². The Labute approximate surface area is 85.1 Å². The molecule has 4 atom stereocenters. The lowest BCUT2D eigenvalue weighted by Crippen LogP contribution is -2.45. The van der Waals surface area contributed by atoms with Crippen molar-refractivity contribution in [2.75, 3.05) is 7.05 Å². The number of fused-ring (bicyclic) bond motifs is 2. The molecule has 0 aromatic rings. The Morgan fingerprint density at radius 2 is 2.21 bits per heavy atom. The summed E-state index contributed by atoms with van der Waals surface area (Å²) < 4.78 is 0. The Kier molecular flexibility index (Phi) is 2.52. The fourth-order valence-corrected chi connectivity index (χ4v) is 3.33. The van der Waals surface area contributed by atoms with E-state index in [1.807, 2.05) is 0 Å². The summed E-state index contributed by atoms with van der Waals surface area (Å²) >= 11 is 0. The number of carbonyl (C=O) groups is 1. The molecule has 2 saturated heterocycles. The smallest absolute Gasteiger partial charge is 0.303 e. The molecule has 2 rings (SSSR count). The quantitative estimate of drug-likeness (QED) is 0.730. The van der Waals surface area contributed by atoms with Crippen LogP contribution in [0.15, 0.2) is 0 Å². The number of aliphatic carboxylic acids is 1. The molecule has 0 saturated carbocycles. The van der Waals surface area contributed by atoms with Gasteiger partial charge in [-0.1, -0.05) is 6.92 Å². The first-order valence-corrected chi connectivity index (χ1v) is 5.53. The lowest BCUT2D eigenvalue weighted by atomic mass is 9.79. The minimum absolute atomic E-state index is 0.363.